The Hall–Kier alpha value is -0.430. The van der Waals surface area contributed by atoms with Crippen LogP contribution < -0.4 is 10.1 Å². The molecule has 2 heterocycles. The van der Waals surface area contributed by atoms with E-state index in [0.717, 1.165) is 13.1 Å². The molecule has 0 saturated heterocycles. The Morgan fingerprint density at radius 1 is 1.50 bits per heavy atom. The van der Waals surface area contributed by atoms with E-state index in [4.69, 9.17) is 4.74 Å². The van der Waals surface area contributed by atoms with Crippen LogP contribution in [0.25, 0.3) is 0 Å². The summed E-state index contributed by atoms with van der Waals surface area (Å²) in [5, 5.41) is 5.46. The first-order valence-corrected chi connectivity index (χ1v) is 7.16. The third-order valence-electron chi connectivity index (χ3n) is 2.02. The van der Waals surface area contributed by atoms with Gasteiger partial charge in [0.2, 0.25) is 5.88 Å². The lowest BCUT2D eigenvalue weighted by atomic mass is 10.4. The van der Waals surface area contributed by atoms with Gasteiger partial charge in [-0.1, -0.05) is 0 Å². The molecule has 0 aliphatic carbocycles. The quantitative estimate of drug-likeness (QED) is 0.918. The fraction of sp³-hybridized carbons (Fsp3) is 0.300. The lowest BCUT2D eigenvalue weighted by Crippen LogP contribution is -2.10. The van der Waals surface area contributed by atoms with Gasteiger partial charge in [0.05, 0.1) is 7.11 Å². The molecule has 0 aliphatic rings. The molecule has 1 N–H and O–H groups in total. The van der Waals surface area contributed by atoms with Gasteiger partial charge in [-0.25, -0.2) is 0 Å². The van der Waals surface area contributed by atoms with Crippen molar-refractivity contribution in [1.82, 2.24) is 9.69 Å². The predicted molar refractivity (Wildman–Crippen MR) is 71.2 cm³/mol. The molecule has 3 nitrogen and oxygen atoms in total. The Morgan fingerprint density at radius 2 is 2.38 bits per heavy atom. The number of rotatable bonds is 5. The van der Waals surface area contributed by atoms with Crippen LogP contribution in [0.4, 0.5) is 0 Å². The summed E-state index contributed by atoms with van der Waals surface area (Å²) in [6.45, 7) is 1.70. The van der Waals surface area contributed by atoms with Gasteiger partial charge in [-0.05, 0) is 38.9 Å². The van der Waals surface area contributed by atoms with Crippen molar-refractivity contribution in [3.63, 3.8) is 0 Å². The highest BCUT2D eigenvalue weighted by molar-refractivity contribution is 9.10. The smallest absolute Gasteiger partial charge is 0.225 e. The highest BCUT2D eigenvalue weighted by atomic mass is 79.9. The van der Waals surface area contributed by atoms with Crippen LogP contribution in [0.5, 0.6) is 5.88 Å². The van der Waals surface area contributed by atoms with Crippen molar-refractivity contribution in [3.8, 4) is 5.88 Å². The molecule has 0 spiro atoms. The molecule has 0 bridgehead atoms. The Balaban J connectivity index is 1.82. The average molecular weight is 319 g/mol. The fourth-order valence-electron chi connectivity index (χ4n) is 1.22. The second kappa shape index (κ2) is 5.77. The summed E-state index contributed by atoms with van der Waals surface area (Å²) in [5.74, 6) is 0.694. The van der Waals surface area contributed by atoms with E-state index in [0.29, 0.717) is 5.88 Å². The van der Waals surface area contributed by atoms with Crippen molar-refractivity contribution >= 4 is 38.8 Å². The molecule has 0 amide bonds. The summed E-state index contributed by atoms with van der Waals surface area (Å²) in [6, 6.07) is 4.03. The van der Waals surface area contributed by atoms with Crippen molar-refractivity contribution < 1.29 is 4.74 Å². The van der Waals surface area contributed by atoms with Gasteiger partial charge in [0.15, 0.2) is 0 Å². The Labute approximate surface area is 111 Å². The lowest BCUT2D eigenvalue weighted by molar-refractivity contribution is 0.402. The van der Waals surface area contributed by atoms with Crippen LogP contribution in [0.1, 0.15) is 9.75 Å². The first-order chi connectivity index (χ1) is 7.79. The largest absolute Gasteiger partial charge is 0.480 e. The molecule has 16 heavy (non-hydrogen) atoms. The standard InChI is InChI=1S/C10H11BrN2OS2/c1-14-10-4-7(16-13-10)5-12-6-9-8(11)2-3-15-9/h2-4,12H,5-6H2,1H3. The minimum atomic E-state index is 0.694. The number of ether oxygens (including phenoxy) is 1. The van der Waals surface area contributed by atoms with Crippen LogP contribution in [-0.2, 0) is 13.1 Å². The van der Waals surface area contributed by atoms with Crippen LogP contribution in [0, 0.1) is 0 Å². The maximum atomic E-state index is 5.03. The first kappa shape index (κ1) is 12.0. The van der Waals surface area contributed by atoms with E-state index < -0.39 is 0 Å². The van der Waals surface area contributed by atoms with Crippen LogP contribution >= 0.6 is 38.8 Å². The number of hydrogen-bond donors (Lipinski definition) is 1. The van der Waals surface area contributed by atoms with Gasteiger partial charge in [-0.15, -0.1) is 11.3 Å². The van der Waals surface area contributed by atoms with Gasteiger partial charge < -0.3 is 10.1 Å². The zero-order valence-corrected chi connectivity index (χ0v) is 11.9. The van der Waals surface area contributed by atoms with Crippen LogP contribution in [0.3, 0.4) is 0 Å². The van der Waals surface area contributed by atoms with E-state index in [1.54, 1.807) is 18.4 Å². The normalized spacial score (nSPS) is 10.6. The summed E-state index contributed by atoms with van der Waals surface area (Å²) in [5.41, 5.74) is 0. The number of hydrogen-bond acceptors (Lipinski definition) is 5. The molecular formula is C10H11BrN2OS2. The molecule has 0 saturated carbocycles. The maximum absolute atomic E-state index is 5.03. The molecule has 86 valence electrons. The van der Waals surface area contributed by atoms with Gasteiger partial charge >= 0.3 is 0 Å². The third kappa shape index (κ3) is 3.04. The van der Waals surface area contributed by atoms with Crippen molar-refractivity contribution in [2.24, 2.45) is 0 Å². The van der Waals surface area contributed by atoms with E-state index in [2.05, 4.69) is 37.1 Å². The molecule has 0 atom stereocenters. The molecule has 2 rings (SSSR count). The Morgan fingerprint density at radius 3 is 3.00 bits per heavy atom. The number of nitrogens with zero attached hydrogens (tertiary/aromatic N) is 1. The molecule has 2 aromatic heterocycles. The minimum absolute atomic E-state index is 0.694. The fourth-order valence-corrected chi connectivity index (χ4v) is 3.34. The summed E-state index contributed by atoms with van der Waals surface area (Å²) >= 11 is 6.73. The molecule has 0 aromatic carbocycles. The van der Waals surface area contributed by atoms with Gasteiger partial charge in [-0.2, -0.15) is 4.37 Å². The minimum Gasteiger partial charge on any atom is -0.480 e. The highest BCUT2D eigenvalue weighted by Gasteiger charge is 2.03. The predicted octanol–water partition coefficient (Wildman–Crippen LogP) is 3.27. The van der Waals surface area contributed by atoms with Gasteiger partial charge in [0, 0.05) is 33.4 Å². The van der Waals surface area contributed by atoms with Crippen LogP contribution in [0.2, 0.25) is 0 Å². The molecule has 0 unspecified atom stereocenters. The van der Waals surface area contributed by atoms with E-state index in [9.17, 15) is 0 Å². The molecule has 6 heteroatoms. The van der Waals surface area contributed by atoms with Crippen molar-refractivity contribution in [3.05, 3.63) is 31.7 Å². The van der Waals surface area contributed by atoms with Gasteiger partial charge in [-0.3, -0.25) is 0 Å². The molecular weight excluding hydrogens is 308 g/mol. The van der Waals surface area contributed by atoms with Crippen molar-refractivity contribution in [2.45, 2.75) is 13.1 Å². The van der Waals surface area contributed by atoms with E-state index >= 15 is 0 Å². The summed E-state index contributed by atoms with van der Waals surface area (Å²) in [6.07, 6.45) is 0. The molecule has 0 fully saturated rings. The number of halogens is 1. The number of methoxy groups -OCH3 is 1. The molecule has 2 aromatic rings. The van der Waals surface area contributed by atoms with Gasteiger partial charge in [0.25, 0.3) is 0 Å². The lowest BCUT2D eigenvalue weighted by Gasteiger charge is -2.00. The third-order valence-corrected chi connectivity index (χ3v) is 4.72. The number of aromatic nitrogens is 1. The zero-order valence-electron chi connectivity index (χ0n) is 8.70. The second-order valence-electron chi connectivity index (χ2n) is 3.13. The highest BCUT2D eigenvalue weighted by Crippen LogP contribution is 2.22. The number of thiophene rings is 1. The van der Waals surface area contributed by atoms with Crippen molar-refractivity contribution in [2.75, 3.05) is 7.11 Å². The van der Waals surface area contributed by atoms with Gasteiger partial charge in [0.1, 0.15) is 0 Å². The second-order valence-corrected chi connectivity index (χ2v) is 5.88. The number of nitrogens with one attached hydrogen (secondary N) is 1. The Bertz CT molecular complexity index is 455. The SMILES string of the molecule is COc1cc(CNCc2sccc2Br)sn1. The molecule has 0 radical (unpaired) electrons. The Kier molecular flexibility index (Phi) is 4.34. The topological polar surface area (TPSA) is 34.1 Å². The summed E-state index contributed by atoms with van der Waals surface area (Å²) in [4.78, 5) is 2.50. The summed E-state index contributed by atoms with van der Waals surface area (Å²) < 4.78 is 10.3. The van der Waals surface area contributed by atoms with E-state index in [1.807, 2.05) is 6.07 Å². The molecule has 0 aliphatic heterocycles. The van der Waals surface area contributed by atoms with Crippen molar-refractivity contribution in [1.29, 1.82) is 0 Å². The average Bonchev–Trinajstić information content (AvgIpc) is 2.89. The zero-order chi connectivity index (χ0) is 11.4. The first-order valence-electron chi connectivity index (χ1n) is 4.72. The monoisotopic (exact) mass is 318 g/mol. The maximum Gasteiger partial charge on any atom is 0.225 e. The van der Waals surface area contributed by atoms with E-state index in [-0.39, 0.29) is 0 Å². The van der Waals surface area contributed by atoms with Crippen LogP contribution in [0.15, 0.2) is 22.0 Å². The van der Waals surface area contributed by atoms with E-state index in [1.165, 1.54) is 25.8 Å². The summed E-state index contributed by atoms with van der Waals surface area (Å²) in [7, 11) is 1.63. The van der Waals surface area contributed by atoms with Crippen LogP contribution in [-0.4, -0.2) is 11.5 Å².